The predicted octanol–water partition coefficient (Wildman–Crippen LogP) is 4.42. The molecule has 218 valence electrons. The van der Waals surface area contributed by atoms with Crippen LogP contribution in [-0.2, 0) is 41.7 Å². The molecule has 0 aromatic heterocycles. The molecule has 0 bridgehead atoms. The van der Waals surface area contributed by atoms with Gasteiger partial charge in [0.15, 0.2) is 23.0 Å². The Kier molecular flexibility index (Phi) is 8.72. The van der Waals surface area contributed by atoms with E-state index >= 15 is 0 Å². The molecule has 2 heterocycles. The summed E-state index contributed by atoms with van der Waals surface area (Å²) in [6.07, 6.45) is 0.400. The van der Waals surface area contributed by atoms with E-state index in [9.17, 15) is 13.6 Å². The highest BCUT2D eigenvalue weighted by molar-refractivity contribution is 5.85. The van der Waals surface area contributed by atoms with Gasteiger partial charge in [0.1, 0.15) is 11.9 Å². The summed E-state index contributed by atoms with van der Waals surface area (Å²) in [6, 6.07) is 11.4. The molecule has 1 N–H and O–H groups in total. The van der Waals surface area contributed by atoms with Gasteiger partial charge in [-0.15, -0.1) is 0 Å². The monoisotopic (exact) mass is 561 g/mol. The predicted molar refractivity (Wildman–Crippen MR) is 140 cm³/mol. The summed E-state index contributed by atoms with van der Waals surface area (Å²) in [5.41, 5.74) is -0.431. The first-order chi connectivity index (χ1) is 19.2. The second-order valence-electron chi connectivity index (χ2n) is 11.1. The molecule has 1 aliphatic carbocycles. The van der Waals surface area contributed by atoms with E-state index in [4.69, 9.17) is 28.4 Å². The third-order valence-corrected chi connectivity index (χ3v) is 7.71. The van der Waals surface area contributed by atoms with E-state index in [2.05, 4.69) is 5.32 Å². The van der Waals surface area contributed by atoms with E-state index in [1.54, 1.807) is 21.0 Å². The molecule has 2 aromatic carbocycles. The molecule has 1 amide bonds. The number of halogens is 2. The zero-order valence-electron chi connectivity index (χ0n) is 23.1. The molecule has 3 aliphatic rings. The van der Waals surface area contributed by atoms with E-state index in [0.717, 1.165) is 24.5 Å². The van der Waals surface area contributed by atoms with Gasteiger partial charge in [-0.3, -0.25) is 4.79 Å². The van der Waals surface area contributed by atoms with Gasteiger partial charge in [-0.1, -0.05) is 24.3 Å². The second kappa shape index (κ2) is 12.1. The first-order valence-electron chi connectivity index (χ1n) is 13.7. The van der Waals surface area contributed by atoms with Gasteiger partial charge in [-0.2, -0.15) is 0 Å². The number of rotatable bonds is 10. The number of methoxy groups -OCH3 is 1. The average molecular weight is 562 g/mol. The minimum Gasteiger partial charge on any atom is -0.497 e. The van der Waals surface area contributed by atoms with Gasteiger partial charge in [0.25, 0.3) is 5.91 Å². The third kappa shape index (κ3) is 6.47. The van der Waals surface area contributed by atoms with Gasteiger partial charge in [-0.25, -0.2) is 8.78 Å². The van der Waals surface area contributed by atoms with Crippen LogP contribution in [0.15, 0.2) is 42.5 Å². The molecule has 10 heteroatoms. The van der Waals surface area contributed by atoms with Gasteiger partial charge in [0.2, 0.25) is 0 Å². The lowest BCUT2D eigenvalue weighted by atomic mass is 9.78. The van der Waals surface area contributed by atoms with Crippen LogP contribution in [0.2, 0.25) is 0 Å². The van der Waals surface area contributed by atoms with Crippen LogP contribution in [0.1, 0.15) is 50.7 Å². The topological polar surface area (TPSA) is 84.5 Å². The normalized spacial score (nSPS) is 29.2. The number of benzene rings is 2. The zero-order valence-corrected chi connectivity index (χ0v) is 23.1. The molecule has 2 aromatic rings. The van der Waals surface area contributed by atoms with Crippen LogP contribution in [0.25, 0.3) is 0 Å². The van der Waals surface area contributed by atoms with E-state index in [-0.39, 0.29) is 43.6 Å². The lowest BCUT2D eigenvalue weighted by Crippen LogP contribution is -2.60. The van der Waals surface area contributed by atoms with Crippen molar-refractivity contribution in [1.82, 2.24) is 5.32 Å². The van der Waals surface area contributed by atoms with Crippen molar-refractivity contribution in [2.45, 2.75) is 88.5 Å². The Bertz CT molecular complexity index is 1190. The highest BCUT2D eigenvalue weighted by Crippen LogP contribution is 2.44. The number of fused-ring (bicyclic) bond motifs is 1. The summed E-state index contributed by atoms with van der Waals surface area (Å²) >= 11 is 0. The Morgan fingerprint density at radius 3 is 2.70 bits per heavy atom. The Labute approximate surface area is 233 Å². The van der Waals surface area contributed by atoms with Crippen LogP contribution >= 0.6 is 0 Å². The van der Waals surface area contributed by atoms with Gasteiger partial charge in [-0.05, 0) is 50.5 Å². The van der Waals surface area contributed by atoms with Crippen molar-refractivity contribution in [1.29, 1.82) is 0 Å². The Balaban J connectivity index is 1.40. The van der Waals surface area contributed by atoms with Crippen LogP contribution in [0.3, 0.4) is 0 Å². The smallest absolute Gasteiger partial charge is 0.252 e. The molecule has 8 nitrogen and oxygen atoms in total. The van der Waals surface area contributed by atoms with Gasteiger partial charge in [0, 0.05) is 31.6 Å². The quantitative estimate of drug-likeness (QED) is 0.460. The molecular weight excluding hydrogens is 524 g/mol. The van der Waals surface area contributed by atoms with E-state index in [1.807, 2.05) is 24.3 Å². The molecule has 5 atom stereocenters. The molecule has 40 heavy (non-hydrogen) atoms. The van der Waals surface area contributed by atoms with E-state index in [0.29, 0.717) is 18.9 Å². The van der Waals surface area contributed by atoms with Crippen LogP contribution < -0.4 is 10.1 Å². The van der Waals surface area contributed by atoms with Gasteiger partial charge >= 0.3 is 0 Å². The highest BCUT2D eigenvalue weighted by atomic mass is 19.2. The maximum absolute atomic E-state index is 14.4. The Morgan fingerprint density at radius 2 is 1.93 bits per heavy atom. The van der Waals surface area contributed by atoms with Crippen molar-refractivity contribution in [3.63, 3.8) is 0 Å². The van der Waals surface area contributed by atoms with Crippen LogP contribution in [-0.4, -0.2) is 62.0 Å². The number of carbonyl (C=O) groups excluding carboxylic acids is 1. The fraction of sp³-hybridized carbons (Fsp3) is 0.567. The molecule has 1 saturated carbocycles. The lowest BCUT2D eigenvalue weighted by Gasteiger charge is -2.43. The highest BCUT2D eigenvalue weighted by Gasteiger charge is 2.58. The number of nitrogens with one attached hydrogen (secondary N) is 1. The zero-order chi connectivity index (χ0) is 28.3. The number of hydrogen-bond donors (Lipinski definition) is 1. The molecule has 2 aliphatic heterocycles. The van der Waals surface area contributed by atoms with E-state index < -0.39 is 41.3 Å². The van der Waals surface area contributed by atoms with Crippen molar-refractivity contribution in [2.24, 2.45) is 0 Å². The summed E-state index contributed by atoms with van der Waals surface area (Å²) < 4.78 is 64.3. The molecule has 0 radical (unpaired) electrons. The van der Waals surface area contributed by atoms with Crippen molar-refractivity contribution >= 4 is 5.91 Å². The molecular formula is C30H37F2NO7. The first kappa shape index (κ1) is 28.9. The summed E-state index contributed by atoms with van der Waals surface area (Å²) in [6.45, 7) is 4.56. The van der Waals surface area contributed by atoms with E-state index in [1.165, 1.54) is 12.1 Å². The summed E-state index contributed by atoms with van der Waals surface area (Å²) in [4.78, 5) is 13.9. The van der Waals surface area contributed by atoms with Crippen molar-refractivity contribution in [3.8, 4) is 5.75 Å². The standard InChI is InChI=1S/C30H37F2NO7/c1-29(2)39-25-15-30(28(34)33-16-22-10-6-12-36-22,38-17-19-7-4-9-21(13-19)35-3)14-24(27(25)40-29)37-18-20-8-5-11-23(31)26(20)32/h4-5,7-9,11,13,22,24-25,27H,6,10,12,14-18H2,1-3H3,(H,33,34)/t22?,24?,25-,27+,30-/m1/s1. The maximum Gasteiger partial charge on any atom is 0.252 e. The fourth-order valence-corrected chi connectivity index (χ4v) is 5.72. The van der Waals surface area contributed by atoms with Crippen molar-refractivity contribution in [3.05, 3.63) is 65.2 Å². The largest absolute Gasteiger partial charge is 0.497 e. The third-order valence-electron chi connectivity index (χ3n) is 7.71. The maximum atomic E-state index is 14.4. The Hall–Kier alpha value is -2.63. The molecule has 3 fully saturated rings. The minimum absolute atomic E-state index is 0.0521. The lowest BCUT2D eigenvalue weighted by molar-refractivity contribution is -0.183. The molecule has 2 saturated heterocycles. The Morgan fingerprint density at radius 1 is 1.10 bits per heavy atom. The number of hydrogen-bond acceptors (Lipinski definition) is 7. The number of ether oxygens (including phenoxy) is 6. The average Bonchev–Trinajstić information content (AvgIpc) is 3.57. The molecule has 2 unspecified atom stereocenters. The fourth-order valence-electron chi connectivity index (χ4n) is 5.72. The number of carbonyl (C=O) groups is 1. The van der Waals surface area contributed by atoms with Gasteiger partial charge in [0.05, 0.1) is 38.6 Å². The van der Waals surface area contributed by atoms with Crippen LogP contribution in [0, 0.1) is 11.6 Å². The molecule has 0 spiro atoms. The van der Waals surface area contributed by atoms with Gasteiger partial charge < -0.3 is 33.7 Å². The molecule has 5 rings (SSSR count). The number of amides is 1. The minimum atomic E-state index is -1.34. The summed E-state index contributed by atoms with van der Waals surface area (Å²) in [5, 5.41) is 3.03. The summed E-state index contributed by atoms with van der Waals surface area (Å²) in [7, 11) is 1.59. The van der Waals surface area contributed by atoms with Crippen LogP contribution in [0.5, 0.6) is 5.75 Å². The van der Waals surface area contributed by atoms with Crippen LogP contribution in [0.4, 0.5) is 8.78 Å². The second-order valence-corrected chi connectivity index (χ2v) is 11.1. The summed E-state index contributed by atoms with van der Waals surface area (Å²) in [5.74, 6) is -2.46. The van der Waals surface area contributed by atoms with Crippen molar-refractivity contribution < 1.29 is 42.0 Å². The SMILES string of the molecule is COc1cccc(CO[C@]2(C(=O)NCC3CCCO3)CC(OCc3cccc(F)c3F)[C@@H]3OC(C)(C)O[C@@H]3C2)c1. The first-order valence-corrected chi connectivity index (χ1v) is 13.7. The van der Waals surface area contributed by atoms with Crippen molar-refractivity contribution in [2.75, 3.05) is 20.3 Å².